The van der Waals surface area contributed by atoms with Crippen molar-refractivity contribution in [3.8, 4) is 0 Å². The maximum atomic E-state index is 12.7. The molecule has 1 aromatic rings. The van der Waals surface area contributed by atoms with Crippen molar-refractivity contribution in [2.45, 2.75) is 57.4 Å². The molecular formula is C21H30N2O5. The minimum atomic E-state index is -0.812. The van der Waals surface area contributed by atoms with Crippen LogP contribution in [0.1, 0.15) is 48.5 Å². The third-order valence-electron chi connectivity index (χ3n) is 5.61. The smallest absolute Gasteiger partial charge is 0.317 e. The fraction of sp³-hybridized carbons (Fsp3) is 0.619. The van der Waals surface area contributed by atoms with E-state index >= 15 is 0 Å². The number of hydrogen-bond donors (Lipinski definition) is 2. The molecule has 0 radical (unpaired) electrons. The number of hydrogen-bond acceptors (Lipinski definition) is 5. The standard InChI is InChI=1S/C21H30N2O5/c1-2-23(13-20(24)25)17-11-16(12-17)22-21(26)19-6-4-3-5-15(19)14-28-18-7-9-27-10-8-18/h3-6,16-18H,2,7-14H2,1H3,(H,22,26)(H,24,25). The second-order valence-corrected chi connectivity index (χ2v) is 7.53. The van der Waals surface area contributed by atoms with Gasteiger partial charge in [-0.05, 0) is 43.9 Å². The summed E-state index contributed by atoms with van der Waals surface area (Å²) in [6.45, 7) is 4.59. The molecule has 2 aliphatic rings. The van der Waals surface area contributed by atoms with Crippen molar-refractivity contribution in [1.29, 1.82) is 0 Å². The molecule has 1 saturated carbocycles. The first-order valence-electron chi connectivity index (χ1n) is 10.1. The summed E-state index contributed by atoms with van der Waals surface area (Å²) in [4.78, 5) is 25.6. The average molecular weight is 390 g/mol. The lowest BCUT2D eigenvalue weighted by atomic mass is 9.85. The molecular weight excluding hydrogens is 360 g/mol. The normalized spacial score (nSPS) is 22.6. The van der Waals surface area contributed by atoms with Gasteiger partial charge in [0.05, 0.1) is 19.3 Å². The summed E-state index contributed by atoms with van der Waals surface area (Å²) >= 11 is 0. The van der Waals surface area contributed by atoms with E-state index in [2.05, 4.69) is 5.32 Å². The Labute approximate surface area is 166 Å². The molecule has 2 fully saturated rings. The molecule has 1 saturated heterocycles. The van der Waals surface area contributed by atoms with Gasteiger partial charge < -0.3 is 19.9 Å². The molecule has 0 spiro atoms. The summed E-state index contributed by atoms with van der Waals surface area (Å²) in [5.41, 5.74) is 1.54. The van der Waals surface area contributed by atoms with E-state index in [-0.39, 0.29) is 30.6 Å². The van der Waals surface area contributed by atoms with Gasteiger partial charge >= 0.3 is 5.97 Å². The van der Waals surface area contributed by atoms with Gasteiger partial charge in [-0.1, -0.05) is 25.1 Å². The van der Waals surface area contributed by atoms with E-state index in [0.29, 0.717) is 18.7 Å². The SMILES string of the molecule is CCN(CC(=O)O)C1CC(NC(=O)c2ccccc2COC2CCOCC2)C1. The summed E-state index contributed by atoms with van der Waals surface area (Å²) in [5.74, 6) is -0.899. The van der Waals surface area contributed by atoms with Crippen molar-refractivity contribution in [3.63, 3.8) is 0 Å². The monoisotopic (exact) mass is 390 g/mol. The first-order valence-corrected chi connectivity index (χ1v) is 10.1. The Morgan fingerprint density at radius 1 is 1.25 bits per heavy atom. The molecule has 0 aromatic heterocycles. The predicted molar refractivity (Wildman–Crippen MR) is 104 cm³/mol. The Kier molecular flexibility index (Phi) is 7.42. The Hall–Kier alpha value is -1.96. The van der Waals surface area contributed by atoms with E-state index in [9.17, 15) is 9.59 Å². The highest BCUT2D eigenvalue weighted by molar-refractivity contribution is 5.95. The molecule has 7 nitrogen and oxygen atoms in total. The molecule has 7 heteroatoms. The van der Waals surface area contributed by atoms with Gasteiger partial charge in [0.2, 0.25) is 0 Å². The number of benzene rings is 1. The topological polar surface area (TPSA) is 88.1 Å². The van der Waals surface area contributed by atoms with Crippen LogP contribution in [-0.2, 0) is 20.9 Å². The van der Waals surface area contributed by atoms with E-state index in [4.69, 9.17) is 14.6 Å². The number of ether oxygens (including phenoxy) is 2. The van der Waals surface area contributed by atoms with E-state index in [1.165, 1.54) is 0 Å². The van der Waals surface area contributed by atoms with Crippen LogP contribution < -0.4 is 5.32 Å². The highest BCUT2D eigenvalue weighted by Gasteiger charge is 2.35. The Bertz CT molecular complexity index is 669. The maximum absolute atomic E-state index is 12.7. The van der Waals surface area contributed by atoms with Crippen LogP contribution in [0.5, 0.6) is 0 Å². The number of nitrogens with zero attached hydrogens (tertiary/aromatic N) is 1. The van der Waals surface area contributed by atoms with Gasteiger partial charge in [0, 0.05) is 30.9 Å². The van der Waals surface area contributed by atoms with E-state index in [0.717, 1.165) is 44.5 Å². The molecule has 154 valence electrons. The molecule has 3 rings (SSSR count). The molecule has 1 aliphatic heterocycles. The lowest BCUT2D eigenvalue weighted by Gasteiger charge is -2.42. The van der Waals surface area contributed by atoms with Crippen molar-refractivity contribution in [3.05, 3.63) is 35.4 Å². The molecule has 0 bridgehead atoms. The van der Waals surface area contributed by atoms with Gasteiger partial charge in [0.25, 0.3) is 5.91 Å². The van der Waals surface area contributed by atoms with E-state index in [1.807, 2.05) is 36.1 Å². The number of carbonyl (C=O) groups excluding carboxylic acids is 1. The lowest BCUT2D eigenvalue weighted by molar-refractivity contribution is -0.139. The van der Waals surface area contributed by atoms with Crippen molar-refractivity contribution in [2.75, 3.05) is 26.3 Å². The molecule has 28 heavy (non-hydrogen) atoms. The molecule has 0 atom stereocenters. The first kappa shape index (κ1) is 20.8. The summed E-state index contributed by atoms with van der Waals surface area (Å²) in [7, 11) is 0. The van der Waals surface area contributed by atoms with Crippen LogP contribution in [0.25, 0.3) is 0 Å². The lowest BCUT2D eigenvalue weighted by Crippen LogP contribution is -2.54. The number of likely N-dealkylation sites (N-methyl/N-ethyl adjacent to an activating group) is 1. The van der Waals surface area contributed by atoms with Crippen molar-refractivity contribution >= 4 is 11.9 Å². The van der Waals surface area contributed by atoms with E-state index in [1.54, 1.807) is 0 Å². The highest BCUT2D eigenvalue weighted by Crippen LogP contribution is 2.26. The second kappa shape index (κ2) is 10.0. The Morgan fingerprint density at radius 2 is 1.96 bits per heavy atom. The largest absolute Gasteiger partial charge is 0.480 e. The van der Waals surface area contributed by atoms with Gasteiger partial charge in [-0.2, -0.15) is 0 Å². The van der Waals surface area contributed by atoms with Crippen LogP contribution in [0.3, 0.4) is 0 Å². The van der Waals surface area contributed by atoms with Crippen molar-refractivity contribution in [1.82, 2.24) is 10.2 Å². The molecule has 0 unspecified atom stereocenters. The van der Waals surface area contributed by atoms with Gasteiger partial charge in [0.15, 0.2) is 0 Å². The summed E-state index contributed by atoms with van der Waals surface area (Å²) in [6.07, 6.45) is 3.54. The molecule has 1 heterocycles. The third-order valence-corrected chi connectivity index (χ3v) is 5.61. The summed E-state index contributed by atoms with van der Waals surface area (Å²) in [5, 5.41) is 12.1. The molecule has 1 amide bonds. The average Bonchev–Trinajstić information content (AvgIpc) is 2.68. The van der Waals surface area contributed by atoms with Gasteiger partial charge in [-0.3, -0.25) is 14.5 Å². The predicted octanol–water partition coefficient (Wildman–Crippen LogP) is 2.05. The van der Waals surface area contributed by atoms with Gasteiger partial charge in [0.1, 0.15) is 0 Å². The zero-order valence-corrected chi connectivity index (χ0v) is 16.4. The zero-order valence-electron chi connectivity index (χ0n) is 16.4. The number of amides is 1. The quantitative estimate of drug-likeness (QED) is 0.671. The number of carbonyl (C=O) groups is 2. The van der Waals surface area contributed by atoms with Gasteiger partial charge in [-0.25, -0.2) is 0 Å². The van der Waals surface area contributed by atoms with Crippen LogP contribution in [0.4, 0.5) is 0 Å². The number of nitrogens with one attached hydrogen (secondary N) is 1. The van der Waals surface area contributed by atoms with Crippen LogP contribution in [0.2, 0.25) is 0 Å². The summed E-state index contributed by atoms with van der Waals surface area (Å²) in [6, 6.07) is 7.86. The fourth-order valence-electron chi connectivity index (χ4n) is 3.86. The fourth-order valence-corrected chi connectivity index (χ4v) is 3.86. The highest BCUT2D eigenvalue weighted by atomic mass is 16.5. The molecule has 1 aromatic carbocycles. The van der Waals surface area contributed by atoms with Crippen LogP contribution in [-0.4, -0.2) is 66.4 Å². The zero-order chi connectivity index (χ0) is 19.9. The maximum Gasteiger partial charge on any atom is 0.317 e. The number of rotatable bonds is 9. The third kappa shape index (κ3) is 5.53. The Balaban J connectivity index is 1.50. The second-order valence-electron chi connectivity index (χ2n) is 7.53. The first-order chi connectivity index (χ1) is 13.6. The summed E-state index contributed by atoms with van der Waals surface area (Å²) < 4.78 is 11.3. The van der Waals surface area contributed by atoms with Crippen molar-refractivity contribution in [2.24, 2.45) is 0 Å². The molecule has 1 aliphatic carbocycles. The number of carboxylic acid groups (broad SMARTS) is 1. The minimum absolute atomic E-state index is 0.0498. The van der Waals surface area contributed by atoms with Crippen LogP contribution in [0, 0.1) is 0 Å². The molecule has 2 N–H and O–H groups in total. The number of aliphatic carboxylic acids is 1. The number of carboxylic acids is 1. The van der Waals surface area contributed by atoms with Crippen molar-refractivity contribution < 1.29 is 24.2 Å². The Morgan fingerprint density at radius 3 is 2.64 bits per heavy atom. The van der Waals surface area contributed by atoms with Gasteiger partial charge in [-0.15, -0.1) is 0 Å². The van der Waals surface area contributed by atoms with Crippen LogP contribution >= 0.6 is 0 Å². The minimum Gasteiger partial charge on any atom is -0.480 e. The van der Waals surface area contributed by atoms with Crippen LogP contribution in [0.15, 0.2) is 24.3 Å². The van der Waals surface area contributed by atoms with E-state index < -0.39 is 5.97 Å².